The summed E-state index contributed by atoms with van der Waals surface area (Å²) < 4.78 is 0. The largest absolute Gasteiger partial charge is 3.00 e. The Labute approximate surface area is 54.2 Å². The van der Waals surface area contributed by atoms with Crippen molar-refractivity contribution in [1.29, 1.82) is 0 Å². The van der Waals surface area contributed by atoms with Crippen LogP contribution >= 0.6 is 0 Å². The summed E-state index contributed by atoms with van der Waals surface area (Å²) >= 11 is 0. The zero-order valence-corrected chi connectivity index (χ0v) is 4.84. The van der Waals surface area contributed by atoms with Crippen molar-refractivity contribution in [3.63, 3.8) is 0 Å². The van der Waals surface area contributed by atoms with Crippen molar-refractivity contribution in [2.45, 2.75) is 0 Å². The van der Waals surface area contributed by atoms with E-state index < -0.39 is 0 Å². The molecule has 0 fully saturated rings. The Morgan fingerprint density at radius 3 is 0.571 bits per heavy atom. The van der Waals surface area contributed by atoms with Crippen LogP contribution in [0.5, 0.6) is 0 Å². The maximum atomic E-state index is 6.75. The quantitative estimate of drug-likeness (QED) is 0.441. The number of hydrogen-bond donors (Lipinski definition) is 3. The molecule has 7 heavy (non-hydrogen) atoms. The zero-order valence-electron chi connectivity index (χ0n) is 3.80. The molecule has 4 heteroatoms. The molecule has 0 heterocycles. The molecule has 3 N–H and O–H groups in total. The molecule has 0 saturated heterocycles. The maximum absolute atomic E-state index is 6.75. The van der Waals surface area contributed by atoms with Gasteiger partial charge < -0.3 is 15.3 Å². The minimum absolute atomic E-state index is 0. The summed E-state index contributed by atoms with van der Waals surface area (Å²) in [6.07, 6.45) is 0. The van der Waals surface area contributed by atoms with Gasteiger partial charge in [0.25, 0.3) is 0 Å². The van der Waals surface area contributed by atoms with Crippen LogP contribution in [-0.2, 0) is 16.8 Å². The van der Waals surface area contributed by atoms with Crippen molar-refractivity contribution in [3.8, 4) is 0 Å². The van der Waals surface area contributed by atoms with Crippen LogP contribution in [0.2, 0.25) is 0 Å². The Kier molecular flexibility index (Phi) is 4660. The van der Waals surface area contributed by atoms with Crippen LogP contribution in [0.15, 0.2) is 0 Å². The summed E-state index contributed by atoms with van der Waals surface area (Å²) in [5.41, 5.74) is 0. The predicted molar refractivity (Wildman–Crippen MR) is 21.9 cm³/mol. The molecule has 0 aliphatic heterocycles. The Hall–Kier alpha value is 0.386. The summed E-state index contributed by atoms with van der Waals surface area (Å²) in [6.45, 7) is 0. The van der Waals surface area contributed by atoms with E-state index in [1.165, 1.54) is 0 Å². The summed E-state index contributed by atoms with van der Waals surface area (Å²) in [5.74, 6) is 0. The SMILES string of the molecule is [CH2-]O.[CH2-]O.[CH2-]O.[Co+3]. The summed E-state index contributed by atoms with van der Waals surface area (Å²) in [6, 6.07) is 0. The van der Waals surface area contributed by atoms with E-state index in [0.29, 0.717) is 0 Å². The van der Waals surface area contributed by atoms with Crippen LogP contribution in [0.4, 0.5) is 0 Å². The Morgan fingerprint density at radius 1 is 0.571 bits per heavy atom. The van der Waals surface area contributed by atoms with Crippen molar-refractivity contribution in [1.82, 2.24) is 0 Å². The first kappa shape index (κ1) is 26.3. The second kappa shape index (κ2) is 1240. The van der Waals surface area contributed by atoms with Crippen LogP contribution in [0.25, 0.3) is 0 Å². The topological polar surface area (TPSA) is 60.7 Å². The molecule has 0 radical (unpaired) electrons. The molecule has 48 valence electrons. The van der Waals surface area contributed by atoms with Gasteiger partial charge in [-0.3, -0.25) is 0 Å². The second-order valence-corrected chi connectivity index (χ2v) is 0. The molecule has 0 aromatic heterocycles. The van der Waals surface area contributed by atoms with Gasteiger partial charge in [-0.25, -0.2) is 21.3 Å². The average molecular weight is 152 g/mol. The van der Waals surface area contributed by atoms with Gasteiger partial charge in [-0.2, -0.15) is 0 Å². The van der Waals surface area contributed by atoms with E-state index in [2.05, 4.69) is 21.3 Å². The monoisotopic (exact) mass is 152 g/mol. The fraction of sp³-hybridized carbons (Fsp3) is 0. The van der Waals surface area contributed by atoms with Crippen LogP contribution in [-0.4, -0.2) is 15.3 Å². The van der Waals surface area contributed by atoms with Gasteiger partial charge in [-0.05, 0) is 0 Å². The van der Waals surface area contributed by atoms with E-state index in [1.54, 1.807) is 0 Å². The van der Waals surface area contributed by atoms with Crippen molar-refractivity contribution < 1.29 is 32.1 Å². The first-order valence-electron chi connectivity index (χ1n) is 0.949. The van der Waals surface area contributed by atoms with Gasteiger partial charge >= 0.3 is 16.8 Å². The third-order valence-electron chi connectivity index (χ3n) is 0. The molecule has 0 rings (SSSR count). The smallest absolute Gasteiger partial charge is 0.569 e. The average Bonchev–Trinajstić information content (AvgIpc) is 1.81. The predicted octanol–water partition coefficient (Wildman–Crippen LogP) is 0.449. The number of aliphatic hydroxyl groups is 3. The van der Waals surface area contributed by atoms with Crippen LogP contribution in [0, 0.1) is 21.3 Å². The Morgan fingerprint density at radius 2 is 0.571 bits per heavy atom. The normalized spacial score (nSPS) is 2.57. The van der Waals surface area contributed by atoms with Crippen LogP contribution in [0.1, 0.15) is 0 Å². The first-order valence-corrected chi connectivity index (χ1v) is 0.949. The molecular weight excluding hydrogens is 143 g/mol. The summed E-state index contributed by atoms with van der Waals surface area (Å²) in [7, 11) is 6.75. The zero-order chi connectivity index (χ0) is 6.00. The van der Waals surface area contributed by atoms with E-state index in [0.717, 1.165) is 0 Å². The van der Waals surface area contributed by atoms with Gasteiger partial charge in [0, 0.05) is 0 Å². The molecule has 0 unspecified atom stereocenters. The molecule has 0 aromatic rings. The maximum Gasteiger partial charge on any atom is 3.00 e. The molecule has 0 amide bonds. The van der Waals surface area contributed by atoms with Crippen molar-refractivity contribution in [2.24, 2.45) is 0 Å². The third-order valence-corrected chi connectivity index (χ3v) is 0. The van der Waals surface area contributed by atoms with Gasteiger partial charge in [0.15, 0.2) is 0 Å². The Balaban J connectivity index is -0.00000000900. The molecular formula is C3H9CoO3. The van der Waals surface area contributed by atoms with Crippen molar-refractivity contribution in [3.05, 3.63) is 21.3 Å². The minimum Gasteiger partial charge on any atom is -0.569 e. The van der Waals surface area contributed by atoms with Crippen molar-refractivity contribution in [2.75, 3.05) is 0 Å². The number of aliphatic hydroxyl groups excluding tert-OH is 3. The van der Waals surface area contributed by atoms with E-state index >= 15 is 0 Å². The molecule has 0 aromatic carbocycles. The fourth-order valence-electron chi connectivity index (χ4n) is 0. The van der Waals surface area contributed by atoms with Gasteiger partial charge in [0.1, 0.15) is 0 Å². The molecule has 3 nitrogen and oxygen atoms in total. The van der Waals surface area contributed by atoms with Gasteiger partial charge in [0.2, 0.25) is 0 Å². The minimum atomic E-state index is 0. The van der Waals surface area contributed by atoms with E-state index in [9.17, 15) is 0 Å². The number of hydrogen-bond acceptors (Lipinski definition) is 3. The molecule has 0 saturated carbocycles. The number of rotatable bonds is 0. The van der Waals surface area contributed by atoms with E-state index in [-0.39, 0.29) is 16.8 Å². The summed E-state index contributed by atoms with van der Waals surface area (Å²) in [4.78, 5) is 0. The standard InChI is InChI=1S/3CH3O.Co/c3*1-2;/h3*2H,1H2;/q3*-1;+3. The second-order valence-electron chi connectivity index (χ2n) is 0. The van der Waals surface area contributed by atoms with E-state index in [4.69, 9.17) is 15.3 Å². The van der Waals surface area contributed by atoms with Gasteiger partial charge in [-0.15, -0.1) is 0 Å². The van der Waals surface area contributed by atoms with Crippen LogP contribution < -0.4 is 0 Å². The molecule has 0 aliphatic carbocycles. The molecule has 0 bridgehead atoms. The molecule has 0 aliphatic rings. The van der Waals surface area contributed by atoms with Crippen LogP contribution in [0.3, 0.4) is 0 Å². The van der Waals surface area contributed by atoms with Crippen molar-refractivity contribution >= 4 is 0 Å². The van der Waals surface area contributed by atoms with E-state index in [1.807, 2.05) is 0 Å². The molecule has 0 atom stereocenters. The van der Waals surface area contributed by atoms with Gasteiger partial charge in [-0.1, -0.05) is 0 Å². The summed E-state index contributed by atoms with van der Waals surface area (Å²) in [5, 5.41) is 20.2. The third kappa shape index (κ3) is 823. The first-order chi connectivity index (χ1) is 3.00. The fourth-order valence-corrected chi connectivity index (χ4v) is 0. The molecule has 0 spiro atoms. The Bertz CT molecular complexity index is 10.1. The van der Waals surface area contributed by atoms with Gasteiger partial charge in [0.05, 0.1) is 0 Å².